The van der Waals surface area contributed by atoms with Gasteiger partial charge in [0.1, 0.15) is 18.2 Å². The van der Waals surface area contributed by atoms with E-state index in [2.05, 4.69) is 0 Å². The van der Waals surface area contributed by atoms with E-state index in [0.29, 0.717) is 0 Å². The third kappa shape index (κ3) is 5.26. The minimum atomic E-state index is -1.80. The van der Waals surface area contributed by atoms with Gasteiger partial charge in [-0.1, -0.05) is 48.5 Å². The highest BCUT2D eigenvalue weighted by Crippen LogP contribution is 2.36. The van der Waals surface area contributed by atoms with E-state index in [1.165, 1.54) is 25.9 Å². The van der Waals surface area contributed by atoms with E-state index in [1.54, 1.807) is 30.3 Å². The van der Waals surface area contributed by atoms with Gasteiger partial charge in [0.25, 0.3) is 5.79 Å². The molecule has 2 heterocycles. The Morgan fingerprint density at radius 2 is 1.72 bits per heavy atom. The van der Waals surface area contributed by atoms with Gasteiger partial charge in [0.2, 0.25) is 5.91 Å². The molecule has 0 aliphatic carbocycles. The number of nitrogens with zero attached hydrogens (tertiary/aromatic N) is 1. The Balaban J connectivity index is 1.72. The molecule has 2 aromatic rings. The van der Waals surface area contributed by atoms with E-state index in [4.69, 9.17) is 23.7 Å². The number of aliphatic hydroxyl groups excluding tert-OH is 1. The van der Waals surface area contributed by atoms with Crippen LogP contribution in [0.3, 0.4) is 0 Å². The molecule has 2 saturated heterocycles. The first-order valence-corrected chi connectivity index (χ1v) is 11.5. The molecule has 2 fully saturated rings. The smallest absolute Gasteiger partial charge is 0.366 e. The first kappa shape index (κ1) is 25.8. The molecule has 4 rings (SSSR count). The SMILES string of the molecule is COC(=O)C1(C)OC[C@H]2O[C@H](O)[C@H](N(Cc3ccccc3)C(C)=O)[C@@H](OC(=O)c3ccccc3)[C@@H]2O1. The maximum absolute atomic E-state index is 13.1. The number of ether oxygens (including phenoxy) is 5. The number of rotatable bonds is 6. The molecule has 1 unspecified atom stereocenters. The Kier molecular flexibility index (Phi) is 7.70. The molecule has 0 spiro atoms. The number of aliphatic hydroxyl groups is 1. The molecule has 2 aromatic carbocycles. The van der Waals surface area contributed by atoms with Gasteiger partial charge in [-0.15, -0.1) is 0 Å². The van der Waals surface area contributed by atoms with Gasteiger partial charge in [0, 0.05) is 20.4 Å². The second-order valence-electron chi connectivity index (χ2n) is 8.75. The molecule has 36 heavy (non-hydrogen) atoms. The summed E-state index contributed by atoms with van der Waals surface area (Å²) in [6.45, 7) is 2.71. The fraction of sp³-hybridized carbons (Fsp3) is 0.423. The number of amides is 1. The average Bonchev–Trinajstić information content (AvgIpc) is 2.88. The predicted molar refractivity (Wildman–Crippen MR) is 124 cm³/mol. The molecule has 1 amide bonds. The largest absolute Gasteiger partial charge is 0.465 e. The van der Waals surface area contributed by atoms with Gasteiger partial charge in [-0.2, -0.15) is 0 Å². The summed E-state index contributed by atoms with van der Waals surface area (Å²) >= 11 is 0. The highest BCUT2D eigenvalue weighted by atomic mass is 16.8. The summed E-state index contributed by atoms with van der Waals surface area (Å²) in [6.07, 6.45) is -4.66. The Labute approximate surface area is 208 Å². The van der Waals surface area contributed by atoms with E-state index >= 15 is 0 Å². The van der Waals surface area contributed by atoms with E-state index in [0.717, 1.165) is 5.56 Å². The highest BCUT2D eigenvalue weighted by molar-refractivity contribution is 5.89. The molecule has 2 aliphatic rings. The van der Waals surface area contributed by atoms with Crippen molar-refractivity contribution in [2.24, 2.45) is 0 Å². The molecule has 0 saturated carbocycles. The number of benzene rings is 2. The second kappa shape index (κ2) is 10.8. The van der Waals surface area contributed by atoms with Gasteiger partial charge in [-0.05, 0) is 17.7 Å². The summed E-state index contributed by atoms with van der Waals surface area (Å²) in [7, 11) is 1.20. The zero-order valence-electron chi connectivity index (χ0n) is 20.2. The molecule has 6 atom stereocenters. The molecular formula is C26H29NO9. The summed E-state index contributed by atoms with van der Waals surface area (Å²) in [5.41, 5.74) is 1.07. The monoisotopic (exact) mass is 499 g/mol. The standard InChI is InChI=1S/C26H29NO9/c1-16(28)27(14-17-10-6-4-7-11-17)20-22(35-23(29)18-12-8-5-9-13-18)21-19(34-24(20)30)15-33-26(2,36-21)25(31)32-3/h4-13,19-22,24,30H,14-15H2,1-3H3/t19-,20-,21-,22-,24+,26?/m1/s1. The van der Waals surface area contributed by atoms with Crippen LogP contribution >= 0.6 is 0 Å². The quantitative estimate of drug-likeness (QED) is 0.592. The number of hydrogen-bond donors (Lipinski definition) is 1. The van der Waals surface area contributed by atoms with E-state index in [1.807, 2.05) is 30.3 Å². The van der Waals surface area contributed by atoms with Crippen molar-refractivity contribution in [2.45, 2.75) is 56.8 Å². The van der Waals surface area contributed by atoms with Crippen LogP contribution in [0.2, 0.25) is 0 Å². The van der Waals surface area contributed by atoms with Crippen LogP contribution in [0.25, 0.3) is 0 Å². The van der Waals surface area contributed by atoms with Crippen LogP contribution in [-0.2, 0) is 39.8 Å². The minimum absolute atomic E-state index is 0.114. The molecule has 10 heteroatoms. The van der Waals surface area contributed by atoms with Crippen LogP contribution < -0.4 is 0 Å². The van der Waals surface area contributed by atoms with Crippen LogP contribution in [0, 0.1) is 0 Å². The molecule has 1 N–H and O–H groups in total. The lowest BCUT2D eigenvalue weighted by Gasteiger charge is -2.51. The molecular weight excluding hydrogens is 470 g/mol. The van der Waals surface area contributed by atoms with Crippen molar-refractivity contribution in [3.05, 3.63) is 71.8 Å². The van der Waals surface area contributed by atoms with Gasteiger partial charge in [-0.25, -0.2) is 9.59 Å². The summed E-state index contributed by atoms with van der Waals surface area (Å²) in [5, 5.41) is 11.0. The number of methoxy groups -OCH3 is 1. The fourth-order valence-corrected chi connectivity index (χ4v) is 4.45. The Hall–Kier alpha value is -3.31. The van der Waals surface area contributed by atoms with Crippen LogP contribution in [0.15, 0.2) is 60.7 Å². The third-order valence-corrected chi connectivity index (χ3v) is 6.29. The van der Waals surface area contributed by atoms with Gasteiger partial charge in [0.05, 0.1) is 19.3 Å². The van der Waals surface area contributed by atoms with Gasteiger partial charge in [-0.3, -0.25) is 4.79 Å². The Morgan fingerprint density at radius 3 is 2.33 bits per heavy atom. The van der Waals surface area contributed by atoms with Crippen molar-refractivity contribution in [1.82, 2.24) is 4.90 Å². The molecule has 0 bridgehead atoms. The van der Waals surface area contributed by atoms with Crippen molar-refractivity contribution < 1.29 is 43.2 Å². The number of hydrogen-bond acceptors (Lipinski definition) is 9. The number of carbonyl (C=O) groups excluding carboxylic acids is 3. The van der Waals surface area contributed by atoms with Crippen LogP contribution in [0.4, 0.5) is 0 Å². The van der Waals surface area contributed by atoms with Gasteiger partial charge in [0.15, 0.2) is 12.4 Å². The first-order valence-electron chi connectivity index (χ1n) is 11.5. The number of fused-ring (bicyclic) bond motifs is 1. The molecule has 192 valence electrons. The second-order valence-corrected chi connectivity index (χ2v) is 8.75. The van der Waals surface area contributed by atoms with Crippen LogP contribution in [-0.4, -0.2) is 78.0 Å². The molecule has 10 nitrogen and oxygen atoms in total. The summed E-state index contributed by atoms with van der Waals surface area (Å²) < 4.78 is 28.0. The van der Waals surface area contributed by atoms with Crippen LogP contribution in [0.1, 0.15) is 29.8 Å². The van der Waals surface area contributed by atoms with Gasteiger partial charge >= 0.3 is 11.9 Å². The predicted octanol–water partition coefficient (Wildman–Crippen LogP) is 1.65. The lowest BCUT2D eigenvalue weighted by atomic mass is 9.93. The van der Waals surface area contributed by atoms with Gasteiger partial charge < -0.3 is 33.7 Å². The summed E-state index contributed by atoms with van der Waals surface area (Å²) in [4.78, 5) is 39.7. The van der Waals surface area contributed by atoms with Crippen molar-refractivity contribution in [3.63, 3.8) is 0 Å². The summed E-state index contributed by atoms with van der Waals surface area (Å²) in [5.74, 6) is -3.65. The maximum Gasteiger partial charge on any atom is 0.366 e. The minimum Gasteiger partial charge on any atom is -0.465 e. The zero-order valence-corrected chi connectivity index (χ0v) is 20.2. The Bertz CT molecular complexity index is 1080. The average molecular weight is 500 g/mol. The van der Waals surface area contributed by atoms with E-state index in [9.17, 15) is 19.5 Å². The summed E-state index contributed by atoms with van der Waals surface area (Å²) in [6, 6.07) is 16.3. The Morgan fingerprint density at radius 1 is 1.08 bits per heavy atom. The zero-order chi connectivity index (χ0) is 25.9. The van der Waals surface area contributed by atoms with Crippen LogP contribution in [0.5, 0.6) is 0 Å². The number of esters is 2. The van der Waals surface area contributed by atoms with Crippen molar-refractivity contribution in [1.29, 1.82) is 0 Å². The lowest BCUT2D eigenvalue weighted by molar-refractivity contribution is -0.366. The molecule has 0 aromatic heterocycles. The van der Waals surface area contributed by atoms with Crippen molar-refractivity contribution >= 4 is 17.8 Å². The van der Waals surface area contributed by atoms with E-state index < -0.39 is 48.4 Å². The lowest BCUT2D eigenvalue weighted by Crippen LogP contribution is -2.70. The molecule has 2 aliphatic heterocycles. The first-order chi connectivity index (χ1) is 17.2. The van der Waals surface area contributed by atoms with E-state index in [-0.39, 0.29) is 24.6 Å². The highest BCUT2D eigenvalue weighted by Gasteiger charge is 2.58. The topological polar surface area (TPSA) is 121 Å². The molecule has 0 radical (unpaired) electrons. The third-order valence-electron chi connectivity index (χ3n) is 6.29. The van der Waals surface area contributed by atoms with Crippen molar-refractivity contribution in [2.75, 3.05) is 13.7 Å². The maximum atomic E-state index is 13.1. The van der Waals surface area contributed by atoms with Crippen molar-refractivity contribution in [3.8, 4) is 0 Å². The fourth-order valence-electron chi connectivity index (χ4n) is 4.45. The normalized spacial score (nSPS) is 29.5. The number of carbonyl (C=O) groups is 3.